The van der Waals surface area contributed by atoms with Gasteiger partial charge in [-0.05, 0) is 31.2 Å². The second-order valence-electron chi connectivity index (χ2n) is 4.44. The van der Waals surface area contributed by atoms with Crippen molar-refractivity contribution >= 4 is 17.4 Å². The minimum atomic E-state index is 0.501. The van der Waals surface area contributed by atoms with Crippen LogP contribution in [-0.2, 0) is 6.54 Å². The van der Waals surface area contributed by atoms with Crippen LogP contribution in [-0.4, -0.2) is 15.0 Å². The highest BCUT2D eigenvalue weighted by Gasteiger charge is 2.12. The van der Waals surface area contributed by atoms with Crippen LogP contribution in [0.4, 0.5) is 5.82 Å². The molecule has 0 aromatic carbocycles. The second-order valence-corrected chi connectivity index (χ2v) is 4.82. The van der Waals surface area contributed by atoms with E-state index in [4.69, 9.17) is 16.0 Å². The van der Waals surface area contributed by atoms with Crippen molar-refractivity contribution in [3.8, 4) is 11.5 Å². The van der Waals surface area contributed by atoms with Gasteiger partial charge < -0.3 is 9.73 Å². The zero-order valence-corrected chi connectivity index (χ0v) is 12.1. The summed E-state index contributed by atoms with van der Waals surface area (Å²) in [6, 6.07) is 9.32. The van der Waals surface area contributed by atoms with E-state index < -0.39 is 0 Å². The van der Waals surface area contributed by atoms with Gasteiger partial charge in [-0.15, -0.1) is 0 Å². The number of furan rings is 1. The molecule has 1 N–H and O–H groups in total. The van der Waals surface area contributed by atoms with Crippen molar-refractivity contribution in [3.63, 3.8) is 0 Å². The van der Waals surface area contributed by atoms with Gasteiger partial charge in [0.05, 0.1) is 18.5 Å². The highest BCUT2D eigenvalue weighted by atomic mass is 35.5. The highest BCUT2D eigenvalue weighted by Crippen LogP contribution is 2.25. The van der Waals surface area contributed by atoms with Gasteiger partial charge >= 0.3 is 0 Å². The number of halogens is 1. The van der Waals surface area contributed by atoms with Crippen molar-refractivity contribution < 1.29 is 4.42 Å². The summed E-state index contributed by atoms with van der Waals surface area (Å²) in [6.07, 6.45) is 3.34. The number of aromatic nitrogens is 3. The molecular weight excluding hydrogens is 288 g/mol. The van der Waals surface area contributed by atoms with Crippen LogP contribution in [0.25, 0.3) is 11.5 Å². The average molecular weight is 301 g/mol. The first-order valence-corrected chi connectivity index (χ1v) is 6.83. The minimum Gasteiger partial charge on any atom is -0.467 e. The fourth-order valence-electron chi connectivity index (χ4n) is 1.87. The summed E-state index contributed by atoms with van der Waals surface area (Å²) < 4.78 is 5.28. The summed E-state index contributed by atoms with van der Waals surface area (Å²) in [5, 5.41) is 3.66. The lowest BCUT2D eigenvalue weighted by Crippen LogP contribution is -2.05. The lowest BCUT2D eigenvalue weighted by atomic mass is 10.3. The van der Waals surface area contributed by atoms with Crippen molar-refractivity contribution in [1.82, 2.24) is 15.0 Å². The standard InChI is InChI=1S/C15H13ClN4O/c1-10-13(16)15(18-9-11-5-4-8-21-11)20-14(19-10)12-6-2-3-7-17-12/h2-8H,9H2,1H3,(H,18,19,20). The number of pyridine rings is 1. The molecule has 0 aliphatic heterocycles. The van der Waals surface area contributed by atoms with Crippen LogP contribution in [0.5, 0.6) is 0 Å². The van der Waals surface area contributed by atoms with E-state index in [1.165, 1.54) is 0 Å². The van der Waals surface area contributed by atoms with Crippen molar-refractivity contribution in [3.05, 3.63) is 59.3 Å². The Morgan fingerprint density at radius 2 is 2.10 bits per heavy atom. The van der Waals surface area contributed by atoms with Gasteiger partial charge in [0.15, 0.2) is 5.82 Å². The molecule has 6 heteroatoms. The number of nitrogens with zero attached hydrogens (tertiary/aromatic N) is 3. The van der Waals surface area contributed by atoms with Gasteiger partial charge in [-0.25, -0.2) is 9.97 Å². The summed E-state index contributed by atoms with van der Waals surface area (Å²) in [6.45, 7) is 2.35. The van der Waals surface area contributed by atoms with Gasteiger partial charge in [0, 0.05) is 6.20 Å². The van der Waals surface area contributed by atoms with E-state index in [-0.39, 0.29) is 0 Å². The Balaban J connectivity index is 1.91. The molecule has 5 nitrogen and oxygen atoms in total. The highest BCUT2D eigenvalue weighted by molar-refractivity contribution is 6.33. The number of anilines is 1. The van der Waals surface area contributed by atoms with Crippen LogP contribution in [0, 0.1) is 6.92 Å². The molecule has 0 radical (unpaired) electrons. The topological polar surface area (TPSA) is 63.8 Å². The number of nitrogens with one attached hydrogen (secondary N) is 1. The molecule has 0 saturated heterocycles. The van der Waals surface area contributed by atoms with Crippen molar-refractivity contribution in [1.29, 1.82) is 0 Å². The lowest BCUT2D eigenvalue weighted by molar-refractivity contribution is 0.518. The fraction of sp³-hybridized carbons (Fsp3) is 0.133. The third-order valence-corrected chi connectivity index (χ3v) is 3.37. The number of aryl methyl sites for hydroxylation is 1. The lowest BCUT2D eigenvalue weighted by Gasteiger charge is -2.10. The van der Waals surface area contributed by atoms with Crippen molar-refractivity contribution in [2.24, 2.45) is 0 Å². The maximum absolute atomic E-state index is 6.25. The van der Waals surface area contributed by atoms with Gasteiger partial charge in [-0.3, -0.25) is 4.98 Å². The Hall–Kier alpha value is -2.40. The Morgan fingerprint density at radius 1 is 1.19 bits per heavy atom. The normalized spacial score (nSPS) is 10.6. The quantitative estimate of drug-likeness (QED) is 0.796. The molecular formula is C15H13ClN4O. The molecule has 0 amide bonds. The van der Waals surface area contributed by atoms with Gasteiger partial charge in [0.1, 0.15) is 22.3 Å². The average Bonchev–Trinajstić information content (AvgIpc) is 3.03. The van der Waals surface area contributed by atoms with Crippen LogP contribution < -0.4 is 5.32 Å². The van der Waals surface area contributed by atoms with E-state index in [1.807, 2.05) is 37.3 Å². The third kappa shape index (κ3) is 3.03. The molecule has 0 saturated carbocycles. The van der Waals surface area contributed by atoms with Crippen LogP contribution in [0.15, 0.2) is 47.2 Å². The number of hydrogen-bond donors (Lipinski definition) is 1. The van der Waals surface area contributed by atoms with E-state index in [2.05, 4.69) is 20.3 Å². The molecule has 3 rings (SSSR count). The number of hydrogen-bond acceptors (Lipinski definition) is 5. The van der Waals surface area contributed by atoms with Crippen LogP contribution in [0.2, 0.25) is 5.02 Å². The molecule has 0 atom stereocenters. The molecule has 0 bridgehead atoms. The van der Waals surface area contributed by atoms with E-state index in [1.54, 1.807) is 12.5 Å². The predicted octanol–water partition coefficient (Wildman–Crippen LogP) is 3.71. The van der Waals surface area contributed by atoms with Gasteiger partial charge in [0.2, 0.25) is 0 Å². The summed E-state index contributed by atoms with van der Waals surface area (Å²) in [4.78, 5) is 13.1. The fourth-order valence-corrected chi connectivity index (χ4v) is 2.02. The zero-order valence-electron chi connectivity index (χ0n) is 11.4. The Kier molecular flexibility index (Phi) is 3.83. The molecule has 0 aliphatic carbocycles. The summed E-state index contributed by atoms with van der Waals surface area (Å²) in [7, 11) is 0. The zero-order chi connectivity index (χ0) is 14.7. The van der Waals surface area contributed by atoms with Gasteiger partial charge in [-0.1, -0.05) is 17.7 Å². The first-order valence-electron chi connectivity index (χ1n) is 6.46. The molecule has 0 aliphatic rings. The van der Waals surface area contributed by atoms with Gasteiger partial charge in [-0.2, -0.15) is 0 Å². The Bertz CT molecular complexity index is 729. The van der Waals surface area contributed by atoms with Gasteiger partial charge in [0.25, 0.3) is 0 Å². The second kappa shape index (κ2) is 5.93. The summed E-state index contributed by atoms with van der Waals surface area (Å²) in [5.41, 5.74) is 1.41. The first-order chi connectivity index (χ1) is 10.2. The molecule has 106 valence electrons. The molecule has 0 unspecified atom stereocenters. The SMILES string of the molecule is Cc1nc(-c2ccccn2)nc(NCc2ccco2)c1Cl. The monoisotopic (exact) mass is 300 g/mol. The summed E-state index contributed by atoms with van der Waals surface area (Å²) in [5.74, 6) is 1.92. The third-order valence-electron chi connectivity index (χ3n) is 2.92. The van der Waals surface area contributed by atoms with E-state index in [0.717, 1.165) is 5.76 Å². The first kappa shape index (κ1) is 13.6. The molecule has 3 heterocycles. The van der Waals surface area contributed by atoms with Crippen molar-refractivity contribution in [2.75, 3.05) is 5.32 Å². The van der Waals surface area contributed by atoms with Crippen molar-refractivity contribution in [2.45, 2.75) is 13.5 Å². The Labute approximate surface area is 127 Å². The predicted molar refractivity (Wildman–Crippen MR) is 81.0 cm³/mol. The molecule has 3 aromatic heterocycles. The maximum atomic E-state index is 6.25. The van der Waals surface area contributed by atoms with E-state index in [0.29, 0.717) is 34.6 Å². The summed E-state index contributed by atoms with van der Waals surface area (Å²) >= 11 is 6.25. The molecule has 3 aromatic rings. The van der Waals surface area contributed by atoms with Crippen LogP contribution in [0.1, 0.15) is 11.5 Å². The van der Waals surface area contributed by atoms with Crippen LogP contribution >= 0.6 is 11.6 Å². The minimum absolute atomic E-state index is 0.501. The molecule has 0 spiro atoms. The molecule has 21 heavy (non-hydrogen) atoms. The van der Waals surface area contributed by atoms with E-state index in [9.17, 15) is 0 Å². The van der Waals surface area contributed by atoms with E-state index >= 15 is 0 Å². The smallest absolute Gasteiger partial charge is 0.180 e. The maximum Gasteiger partial charge on any atom is 0.180 e. The molecule has 0 fully saturated rings. The van der Waals surface area contributed by atoms with Crippen LogP contribution in [0.3, 0.4) is 0 Å². The Morgan fingerprint density at radius 3 is 2.81 bits per heavy atom. The number of rotatable bonds is 4. The largest absolute Gasteiger partial charge is 0.467 e.